The summed E-state index contributed by atoms with van der Waals surface area (Å²) in [4.78, 5) is 0. The van der Waals surface area contributed by atoms with Crippen molar-refractivity contribution < 1.29 is 4.74 Å². The minimum atomic E-state index is -0.395. The van der Waals surface area contributed by atoms with Gasteiger partial charge in [-0.15, -0.1) is 0 Å². The van der Waals surface area contributed by atoms with E-state index >= 15 is 0 Å². The average Bonchev–Trinajstić information content (AvgIpc) is 2.29. The minimum absolute atomic E-state index is 0.179. The highest BCUT2D eigenvalue weighted by molar-refractivity contribution is 6.30. The molecule has 0 fully saturated rings. The summed E-state index contributed by atoms with van der Waals surface area (Å²) in [6.07, 6.45) is 0. The number of halogens is 1. The molecule has 0 bridgehead atoms. The zero-order chi connectivity index (χ0) is 13.0. The maximum atomic E-state index is 9.16. The molecule has 0 radical (unpaired) electrons. The Hall–Kier alpha value is -1.24. The zero-order valence-corrected chi connectivity index (χ0v) is 11.0. The SMILES string of the molecule is COc1ccc(Cl)cc1C(N)C(C#N)C(C)C. The summed E-state index contributed by atoms with van der Waals surface area (Å²) in [5.74, 6) is 0.587. The Morgan fingerprint density at radius 2 is 2.06 bits per heavy atom. The maximum Gasteiger partial charge on any atom is 0.123 e. The van der Waals surface area contributed by atoms with Crippen LogP contribution in [-0.2, 0) is 0 Å². The fourth-order valence-corrected chi connectivity index (χ4v) is 1.98. The number of hydrogen-bond donors (Lipinski definition) is 1. The maximum absolute atomic E-state index is 9.16. The molecule has 0 saturated carbocycles. The molecule has 0 amide bonds. The van der Waals surface area contributed by atoms with Crippen molar-refractivity contribution in [3.63, 3.8) is 0 Å². The Bertz CT molecular complexity index is 426. The topological polar surface area (TPSA) is 59.0 Å². The van der Waals surface area contributed by atoms with E-state index in [0.717, 1.165) is 5.56 Å². The van der Waals surface area contributed by atoms with Crippen LogP contribution in [0.4, 0.5) is 0 Å². The quantitative estimate of drug-likeness (QED) is 0.896. The summed E-state index contributed by atoms with van der Waals surface area (Å²) in [5.41, 5.74) is 6.91. The molecule has 0 aliphatic rings. The molecule has 0 aliphatic carbocycles. The van der Waals surface area contributed by atoms with Crippen molar-refractivity contribution in [2.45, 2.75) is 19.9 Å². The first kappa shape index (κ1) is 13.8. The van der Waals surface area contributed by atoms with E-state index in [1.807, 2.05) is 13.8 Å². The van der Waals surface area contributed by atoms with E-state index in [2.05, 4.69) is 6.07 Å². The summed E-state index contributed by atoms with van der Waals surface area (Å²) in [6, 6.07) is 7.13. The van der Waals surface area contributed by atoms with Crippen LogP contribution in [0.15, 0.2) is 18.2 Å². The number of nitrogens with zero attached hydrogens (tertiary/aromatic N) is 1. The number of hydrogen-bond acceptors (Lipinski definition) is 3. The Morgan fingerprint density at radius 1 is 1.41 bits per heavy atom. The summed E-state index contributed by atoms with van der Waals surface area (Å²) >= 11 is 5.95. The van der Waals surface area contributed by atoms with Crippen LogP contribution in [0.5, 0.6) is 5.75 Å². The van der Waals surface area contributed by atoms with Gasteiger partial charge in [-0.2, -0.15) is 5.26 Å². The van der Waals surface area contributed by atoms with Gasteiger partial charge in [0, 0.05) is 16.6 Å². The van der Waals surface area contributed by atoms with Gasteiger partial charge >= 0.3 is 0 Å². The summed E-state index contributed by atoms with van der Waals surface area (Å²) < 4.78 is 5.25. The van der Waals surface area contributed by atoms with Crippen LogP contribution in [0.25, 0.3) is 0 Å². The van der Waals surface area contributed by atoms with Gasteiger partial charge in [0.15, 0.2) is 0 Å². The lowest BCUT2D eigenvalue weighted by Gasteiger charge is -2.23. The van der Waals surface area contributed by atoms with Gasteiger partial charge in [-0.3, -0.25) is 0 Å². The number of nitrogens with two attached hydrogens (primary N) is 1. The predicted molar refractivity (Wildman–Crippen MR) is 68.9 cm³/mol. The third-order valence-electron chi connectivity index (χ3n) is 2.81. The molecule has 17 heavy (non-hydrogen) atoms. The Kier molecular flexibility index (Phi) is 4.80. The molecule has 0 aromatic heterocycles. The molecule has 1 aromatic carbocycles. The first-order valence-electron chi connectivity index (χ1n) is 5.50. The largest absolute Gasteiger partial charge is 0.496 e. The van der Waals surface area contributed by atoms with E-state index < -0.39 is 6.04 Å². The van der Waals surface area contributed by atoms with Crippen molar-refractivity contribution in [1.29, 1.82) is 5.26 Å². The molecule has 3 nitrogen and oxygen atoms in total. The van der Waals surface area contributed by atoms with Crippen LogP contribution < -0.4 is 10.5 Å². The van der Waals surface area contributed by atoms with E-state index in [0.29, 0.717) is 10.8 Å². The van der Waals surface area contributed by atoms with Crippen LogP contribution >= 0.6 is 11.6 Å². The third kappa shape index (κ3) is 3.12. The van der Waals surface area contributed by atoms with Crippen LogP contribution in [0, 0.1) is 23.2 Å². The number of nitriles is 1. The molecular formula is C13H17ClN2O. The fraction of sp³-hybridized carbons (Fsp3) is 0.462. The first-order chi connectivity index (χ1) is 8.01. The van der Waals surface area contributed by atoms with Gasteiger partial charge in [0.25, 0.3) is 0 Å². The molecule has 0 aliphatic heterocycles. The Balaban J connectivity index is 3.14. The second-order valence-electron chi connectivity index (χ2n) is 4.31. The Morgan fingerprint density at radius 3 is 2.53 bits per heavy atom. The lowest BCUT2D eigenvalue weighted by Crippen LogP contribution is -2.24. The molecule has 2 N–H and O–H groups in total. The van der Waals surface area contributed by atoms with Gasteiger partial charge in [-0.1, -0.05) is 25.4 Å². The molecule has 4 heteroatoms. The molecule has 0 saturated heterocycles. The third-order valence-corrected chi connectivity index (χ3v) is 3.04. The standard InChI is InChI=1S/C13H17ClN2O/c1-8(2)11(7-15)13(16)10-6-9(14)4-5-12(10)17-3/h4-6,8,11,13H,16H2,1-3H3. The van der Waals surface area contributed by atoms with Crippen molar-refractivity contribution in [2.75, 3.05) is 7.11 Å². The van der Waals surface area contributed by atoms with Crippen molar-refractivity contribution in [1.82, 2.24) is 0 Å². The highest BCUT2D eigenvalue weighted by Crippen LogP contribution is 2.33. The second-order valence-corrected chi connectivity index (χ2v) is 4.75. The molecule has 0 heterocycles. The number of methoxy groups -OCH3 is 1. The highest BCUT2D eigenvalue weighted by Gasteiger charge is 2.25. The van der Waals surface area contributed by atoms with Crippen molar-refractivity contribution in [2.24, 2.45) is 17.6 Å². The molecule has 2 unspecified atom stereocenters. The average molecular weight is 253 g/mol. The summed E-state index contributed by atoms with van der Waals surface area (Å²) in [6.45, 7) is 3.95. The Labute approximate surface area is 107 Å². The summed E-state index contributed by atoms with van der Waals surface area (Å²) in [5, 5.41) is 9.75. The lowest BCUT2D eigenvalue weighted by atomic mass is 9.86. The van der Waals surface area contributed by atoms with E-state index in [1.54, 1.807) is 25.3 Å². The van der Waals surface area contributed by atoms with Gasteiger partial charge in [0.1, 0.15) is 5.75 Å². The molecular weight excluding hydrogens is 236 g/mol. The smallest absolute Gasteiger partial charge is 0.123 e. The van der Waals surface area contributed by atoms with E-state index in [-0.39, 0.29) is 11.8 Å². The van der Waals surface area contributed by atoms with E-state index in [9.17, 15) is 0 Å². The number of benzene rings is 1. The van der Waals surface area contributed by atoms with Crippen LogP contribution in [-0.4, -0.2) is 7.11 Å². The van der Waals surface area contributed by atoms with Gasteiger partial charge in [-0.05, 0) is 24.1 Å². The highest BCUT2D eigenvalue weighted by atomic mass is 35.5. The minimum Gasteiger partial charge on any atom is -0.496 e. The predicted octanol–water partition coefficient (Wildman–Crippen LogP) is 3.14. The van der Waals surface area contributed by atoms with Gasteiger partial charge in [0.05, 0.1) is 19.1 Å². The number of rotatable bonds is 4. The van der Waals surface area contributed by atoms with Gasteiger partial charge in [0.2, 0.25) is 0 Å². The molecule has 92 valence electrons. The van der Waals surface area contributed by atoms with E-state index in [4.69, 9.17) is 27.3 Å². The van der Waals surface area contributed by atoms with Gasteiger partial charge < -0.3 is 10.5 Å². The van der Waals surface area contributed by atoms with Crippen molar-refractivity contribution in [3.8, 4) is 11.8 Å². The normalized spacial score (nSPS) is 14.2. The molecule has 2 atom stereocenters. The molecule has 0 spiro atoms. The fourth-order valence-electron chi connectivity index (χ4n) is 1.80. The van der Waals surface area contributed by atoms with Crippen LogP contribution in [0.2, 0.25) is 5.02 Å². The van der Waals surface area contributed by atoms with Gasteiger partial charge in [-0.25, -0.2) is 0 Å². The monoisotopic (exact) mass is 252 g/mol. The van der Waals surface area contributed by atoms with Crippen molar-refractivity contribution in [3.05, 3.63) is 28.8 Å². The number of ether oxygens (including phenoxy) is 1. The second kappa shape index (κ2) is 5.90. The summed E-state index contributed by atoms with van der Waals surface area (Å²) in [7, 11) is 1.58. The molecule has 1 aromatic rings. The van der Waals surface area contributed by atoms with Crippen molar-refractivity contribution >= 4 is 11.6 Å². The molecule has 1 rings (SSSR count). The van der Waals surface area contributed by atoms with E-state index in [1.165, 1.54) is 0 Å². The zero-order valence-electron chi connectivity index (χ0n) is 10.3. The van der Waals surface area contributed by atoms with Crippen LogP contribution in [0.1, 0.15) is 25.5 Å². The lowest BCUT2D eigenvalue weighted by molar-refractivity contribution is 0.372. The first-order valence-corrected chi connectivity index (χ1v) is 5.87. The van der Waals surface area contributed by atoms with Crippen LogP contribution in [0.3, 0.4) is 0 Å².